The number of nitrogens with one attached hydrogen (secondary N) is 1. The first-order valence-corrected chi connectivity index (χ1v) is 7.02. The van der Waals surface area contributed by atoms with E-state index in [9.17, 15) is 4.79 Å². The van der Waals surface area contributed by atoms with Crippen molar-refractivity contribution in [2.24, 2.45) is 0 Å². The second kappa shape index (κ2) is 6.82. The Morgan fingerprint density at radius 2 is 1.85 bits per heavy atom. The molecule has 0 radical (unpaired) electrons. The van der Waals surface area contributed by atoms with Gasteiger partial charge in [0.2, 0.25) is 0 Å². The number of hydrogen-bond donors (Lipinski definition) is 2. The highest BCUT2D eigenvalue weighted by molar-refractivity contribution is 8.08. The van der Waals surface area contributed by atoms with Crippen molar-refractivity contribution in [2.45, 2.75) is 4.90 Å². The van der Waals surface area contributed by atoms with Gasteiger partial charge < -0.3 is 11.1 Å². The summed E-state index contributed by atoms with van der Waals surface area (Å²) in [6.07, 6.45) is 2.39. The predicted molar refractivity (Wildman–Crippen MR) is 86.7 cm³/mol. The molecule has 0 aliphatic rings. The number of carbonyl (C=O) groups excluding carboxylic acids is 1. The van der Waals surface area contributed by atoms with Gasteiger partial charge in [0.25, 0.3) is 0 Å². The number of benzene rings is 2. The van der Waals surface area contributed by atoms with Gasteiger partial charge in [-0.05, 0) is 36.4 Å². The van der Waals surface area contributed by atoms with Gasteiger partial charge in [-0.3, -0.25) is 4.79 Å². The van der Waals surface area contributed by atoms with Crippen LogP contribution in [0.2, 0.25) is 0 Å². The van der Waals surface area contributed by atoms with Crippen LogP contribution in [0.15, 0.2) is 59.5 Å². The highest BCUT2D eigenvalue weighted by Crippen LogP contribution is 2.37. The summed E-state index contributed by atoms with van der Waals surface area (Å²) >= 11 is 1.54. The number of nitrogen functional groups attached to an aromatic ring is 1. The number of nitrogens with two attached hydrogens (primary N) is 1. The van der Waals surface area contributed by atoms with Crippen molar-refractivity contribution in [3.05, 3.63) is 60.2 Å². The average molecular weight is 284 g/mol. The Hall–Kier alpha value is -2.20. The molecule has 0 unspecified atom stereocenters. The molecule has 0 aliphatic heterocycles. The van der Waals surface area contributed by atoms with Crippen molar-refractivity contribution < 1.29 is 4.79 Å². The zero-order valence-corrected chi connectivity index (χ0v) is 12.0. The second-order valence-corrected chi connectivity index (χ2v) is 5.25. The topological polar surface area (TPSA) is 55.1 Å². The van der Waals surface area contributed by atoms with Gasteiger partial charge in [0, 0.05) is 33.8 Å². The molecule has 0 aliphatic carbocycles. The monoisotopic (exact) mass is 284 g/mol. The van der Waals surface area contributed by atoms with E-state index in [1.54, 1.807) is 6.08 Å². The summed E-state index contributed by atoms with van der Waals surface area (Å²) in [5.74, 6) is 0. The van der Waals surface area contributed by atoms with Gasteiger partial charge in [-0.2, -0.15) is 0 Å². The molecule has 0 amide bonds. The van der Waals surface area contributed by atoms with Crippen LogP contribution >= 0.6 is 11.8 Å². The van der Waals surface area contributed by atoms with E-state index >= 15 is 0 Å². The molecule has 2 aromatic carbocycles. The van der Waals surface area contributed by atoms with E-state index in [1.165, 1.54) is 11.8 Å². The Labute approximate surface area is 122 Å². The highest BCUT2D eigenvalue weighted by Gasteiger charge is 2.08. The Bertz CT molecular complexity index is 621. The van der Waals surface area contributed by atoms with Crippen molar-refractivity contribution in [1.82, 2.24) is 0 Å². The molecule has 3 N–H and O–H groups in total. The van der Waals surface area contributed by atoms with E-state index in [0.717, 1.165) is 33.0 Å². The summed E-state index contributed by atoms with van der Waals surface area (Å²) in [7, 11) is 1.87. The minimum atomic E-state index is 0.728. The maximum atomic E-state index is 10.9. The van der Waals surface area contributed by atoms with Gasteiger partial charge in [0.15, 0.2) is 0 Å². The molecule has 0 bridgehead atoms. The molecule has 20 heavy (non-hydrogen) atoms. The van der Waals surface area contributed by atoms with Gasteiger partial charge >= 0.3 is 0 Å². The SMILES string of the molecule is CNc1ccccc1/C(=C\C=O)Sc1ccc(N)cc1. The number of thioether (sulfide) groups is 1. The summed E-state index contributed by atoms with van der Waals surface area (Å²) in [6.45, 7) is 0. The molecule has 4 heteroatoms. The van der Waals surface area contributed by atoms with Crippen LogP contribution in [0.1, 0.15) is 5.56 Å². The molecule has 2 rings (SSSR count). The lowest BCUT2D eigenvalue weighted by atomic mass is 10.1. The molecule has 3 nitrogen and oxygen atoms in total. The number of allylic oxidation sites excluding steroid dienone is 1. The lowest BCUT2D eigenvalue weighted by Crippen LogP contribution is -1.93. The number of carbonyl (C=O) groups is 1. The van der Waals surface area contributed by atoms with Crippen LogP contribution in [-0.4, -0.2) is 13.3 Å². The number of hydrogen-bond acceptors (Lipinski definition) is 4. The summed E-state index contributed by atoms with van der Waals surface area (Å²) in [5, 5.41) is 3.14. The number of para-hydroxylation sites is 1. The molecular weight excluding hydrogens is 268 g/mol. The molecular formula is C16H16N2OS. The van der Waals surface area contributed by atoms with Crippen LogP contribution in [0.4, 0.5) is 11.4 Å². The van der Waals surface area contributed by atoms with Gasteiger partial charge in [-0.1, -0.05) is 30.0 Å². The van der Waals surface area contributed by atoms with Crippen LogP contribution in [0.5, 0.6) is 0 Å². The molecule has 0 fully saturated rings. The smallest absolute Gasteiger partial charge is 0.143 e. The third-order valence-electron chi connectivity index (χ3n) is 2.79. The van der Waals surface area contributed by atoms with Crippen molar-refractivity contribution in [2.75, 3.05) is 18.1 Å². The van der Waals surface area contributed by atoms with Gasteiger partial charge in [-0.15, -0.1) is 0 Å². The van der Waals surface area contributed by atoms with E-state index in [0.29, 0.717) is 0 Å². The third kappa shape index (κ3) is 3.42. The van der Waals surface area contributed by atoms with Gasteiger partial charge in [0.05, 0.1) is 0 Å². The predicted octanol–water partition coefficient (Wildman–Crippen LogP) is 3.64. The van der Waals surface area contributed by atoms with E-state index < -0.39 is 0 Å². The van der Waals surface area contributed by atoms with E-state index in [1.807, 2.05) is 55.6 Å². The minimum Gasteiger partial charge on any atom is -0.399 e. The van der Waals surface area contributed by atoms with Crippen molar-refractivity contribution in [3.8, 4) is 0 Å². The number of aldehydes is 1. The Morgan fingerprint density at radius 1 is 1.15 bits per heavy atom. The van der Waals surface area contributed by atoms with Crippen LogP contribution in [-0.2, 0) is 4.79 Å². The lowest BCUT2D eigenvalue weighted by Gasteiger charge is -2.12. The van der Waals surface area contributed by atoms with Gasteiger partial charge in [-0.25, -0.2) is 0 Å². The minimum absolute atomic E-state index is 0.728. The highest BCUT2D eigenvalue weighted by atomic mass is 32.2. The van der Waals surface area contributed by atoms with Crippen LogP contribution in [0.25, 0.3) is 4.91 Å². The van der Waals surface area contributed by atoms with E-state index in [2.05, 4.69) is 5.32 Å². The zero-order chi connectivity index (χ0) is 14.4. The first-order valence-electron chi connectivity index (χ1n) is 6.20. The lowest BCUT2D eigenvalue weighted by molar-refractivity contribution is -0.104. The van der Waals surface area contributed by atoms with Crippen molar-refractivity contribution >= 4 is 34.3 Å². The van der Waals surface area contributed by atoms with Crippen LogP contribution in [0.3, 0.4) is 0 Å². The summed E-state index contributed by atoms with van der Waals surface area (Å²) in [5.41, 5.74) is 8.40. The molecule has 0 saturated heterocycles. The van der Waals surface area contributed by atoms with Gasteiger partial charge in [0.1, 0.15) is 6.29 Å². The Morgan fingerprint density at radius 3 is 2.50 bits per heavy atom. The van der Waals surface area contributed by atoms with Crippen LogP contribution in [0, 0.1) is 0 Å². The maximum absolute atomic E-state index is 10.9. The maximum Gasteiger partial charge on any atom is 0.143 e. The van der Waals surface area contributed by atoms with Crippen molar-refractivity contribution in [3.63, 3.8) is 0 Å². The Kier molecular flexibility index (Phi) is 4.85. The van der Waals surface area contributed by atoms with E-state index in [-0.39, 0.29) is 0 Å². The zero-order valence-electron chi connectivity index (χ0n) is 11.2. The molecule has 0 heterocycles. The fraction of sp³-hybridized carbons (Fsp3) is 0.0625. The summed E-state index contributed by atoms with van der Waals surface area (Å²) in [6, 6.07) is 15.5. The summed E-state index contributed by atoms with van der Waals surface area (Å²) < 4.78 is 0. The first kappa shape index (κ1) is 14.2. The largest absolute Gasteiger partial charge is 0.399 e. The standard InChI is InChI=1S/C16H16N2OS/c1-18-15-5-3-2-4-14(15)16(10-11-19)20-13-8-6-12(17)7-9-13/h2-11,18H,17H2,1H3/b16-10+. The Balaban J connectivity index is 2.34. The third-order valence-corrected chi connectivity index (χ3v) is 3.87. The normalized spacial score (nSPS) is 11.2. The molecule has 0 atom stereocenters. The molecule has 102 valence electrons. The first-order chi connectivity index (χ1) is 9.74. The van der Waals surface area contributed by atoms with Crippen molar-refractivity contribution in [1.29, 1.82) is 0 Å². The molecule has 0 saturated carbocycles. The fourth-order valence-electron chi connectivity index (χ4n) is 1.82. The molecule has 0 aromatic heterocycles. The second-order valence-electron chi connectivity index (χ2n) is 4.13. The molecule has 0 spiro atoms. The quantitative estimate of drug-likeness (QED) is 0.381. The summed E-state index contributed by atoms with van der Waals surface area (Å²) in [4.78, 5) is 12.8. The molecule has 2 aromatic rings. The van der Waals surface area contributed by atoms with E-state index in [4.69, 9.17) is 5.73 Å². The average Bonchev–Trinajstić information content (AvgIpc) is 2.49. The number of anilines is 2. The number of rotatable bonds is 5. The van der Waals surface area contributed by atoms with Crippen LogP contribution < -0.4 is 11.1 Å². The fourth-order valence-corrected chi connectivity index (χ4v) is 2.76.